The molecule has 4 rings (SSSR count). The molecule has 5 nitrogen and oxygen atoms in total. The van der Waals surface area contributed by atoms with Crippen molar-refractivity contribution in [1.82, 2.24) is 19.9 Å². The Hall–Kier alpha value is -2.92. The molecule has 158 valence electrons. The number of hydrogen-bond acceptors (Lipinski definition) is 6. The number of halogens is 4. The molecule has 4 aromatic rings. The highest BCUT2D eigenvalue weighted by Gasteiger charge is 2.15. The van der Waals surface area contributed by atoms with Gasteiger partial charge in [-0.1, -0.05) is 47.8 Å². The summed E-state index contributed by atoms with van der Waals surface area (Å²) in [6.45, 7) is 0. The summed E-state index contributed by atoms with van der Waals surface area (Å²) in [4.78, 5) is 26.8. The fourth-order valence-corrected chi connectivity index (χ4v) is 4.49. The van der Waals surface area contributed by atoms with Gasteiger partial charge in [0, 0.05) is 22.6 Å². The zero-order valence-corrected chi connectivity index (χ0v) is 17.2. The van der Waals surface area contributed by atoms with Crippen LogP contribution < -0.4 is 5.56 Å². The lowest BCUT2D eigenvalue weighted by molar-refractivity contribution is 0.502. The Morgan fingerprint density at radius 2 is 1.45 bits per heavy atom. The van der Waals surface area contributed by atoms with Gasteiger partial charge in [-0.15, -0.1) is 0 Å². The summed E-state index contributed by atoms with van der Waals surface area (Å²) in [7, 11) is 0. The smallest absolute Gasteiger partial charge is 0.268 e. The molecule has 0 unspecified atom stereocenters. The lowest BCUT2D eigenvalue weighted by Gasteiger charge is -2.08. The van der Waals surface area contributed by atoms with E-state index in [9.17, 15) is 22.4 Å². The number of nitrogens with one attached hydrogen (secondary N) is 1. The van der Waals surface area contributed by atoms with Gasteiger partial charge in [0.05, 0.1) is 6.20 Å². The molecule has 0 radical (unpaired) electrons. The Morgan fingerprint density at radius 3 is 2.10 bits per heavy atom. The van der Waals surface area contributed by atoms with Gasteiger partial charge in [0.15, 0.2) is 34.1 Å². The fraction of sp³-hybridized carbons (Fsp3) is 0.100. The molecule has 0 amide bonds. The van der Waals surface area contributed by atoms with Crippen molar-refractivity contribution in [3.8, 4) is 0 Å². The van der Waals surface area contributed by atoms with E-state index >= 15 is 0 Å². The molecule has 0 fully saturated rings. The first-order valence-electron chi connectivity index (χ1n) is 8.81. The monoisotopic (exact) mass is 464 g/mol. The van der Waals surface area contributed by atoms with Gasteiger partial charge in [0.25, 0.3) is 5.56 Å². The Balaban J connectivity index is 1.64. The third-order valence-electron chi connectivity index (χ3n) is 4.17. The third-order valence-corrected chi connectivity index (χ3v) is 6.08. The van der Waals surface area contributed by atoms with Crippen LogP contribution >= 0.6 is 23.5 Å². The summed E-state index contributed by atoms with van der Waals surface area (Å²) >= 11 is 2.12. The number of fused-ring (bicyclic) bond motifs is 1. The molecule has 0 saturated carbocycles. The number of H-pyrrole nitrogens is 1. The normalized spacial score (nSPS) is 11.2. The minimum absolute atomic E-state index is 0.0439. The molecular formula is C20H12F4N4OS2. The zero-order valence-electron chi connectivity index (χ0n) is 15.5. The molecule has 11 heteroatoms. The molecule has 2 aromatic carbocycles. The van der Waals surface area contributed by atoms with Crippen LogP contribution in [0.1, 0.15) is 11.1 Å². The second-order valence-electron chi connectivity index (χ2n) is 6.26. The van der Waals surface area contributed by atoms with Crippen molar-refractivity contribution < 1.29 is 17.6 Å². The van der Waals surface area contributed by atoms with E-state index in [1.807, 2.05) is 0 Å². The van der Waals surface area contributed by atoms with E-state index < -0.39 is 28.8 Å². The standard InChI is InChI=1S/C20H12F4N4OS2/c21-12-5-1-3-10(15(12)23)8-30-19-17-18(26-14(29)7-25-17)27-20(28-19)31-9-11-4-2-6-13(22)16(11)24/h1-7H,8-9H2,(H,26,27,28,29). The van der Waals surface area contributed by atoms with Crippen molar-refractivity contribution in [3.63, 3.8) is 0 Å². The number of benzene rings is 2. The predicted molar refractivity (Wildman–Crippen MR) is 110 cm³/mol. The number of aromatic amines is 1. The number of hydrogen-bond donors (Lipinski definition) is 1. The minimum atomic E-state index is -0.959. The van der Waals surface area contributed by atoms with E-state index in [4.69, 9.17) is 0 Å². The first-order valence-corrected chi connectivity index (χ1v) is 10.8. The van der Waals surface area contributed by atoms with Gasteiger partial charge in [-0.3, -0.25) is 4.79 Å². The van der Waals surface area contributed by atoms with Crippen LogP contribution in [0.15, 0.2) is 57.6 Å². The van der Waals surface area contributed by atoms with Crippen molar-refractivity contribution in [2.45, 2.75) is 21.7 Å². The van der Waals surface area contributed by atoms with Gasteiger partial charge in [-0.05, 0) is 12.1 Å². The largest absolute Gasteiger partial charge is 0.304 e. The van der Waals surface area contributed by atoms with Crippen molar-refractivity contribution in [2.75, 3.05) is 0 Å². The Bertz CT molecular complexity index is 1330. The van der Waals surface area contributed by atoms with Crippen LogP contribution in [-0.2, 0) is 11.5 Å². The summed E-state index contributed by atoms with van der Waals surface area (Å²) in [5.41, 5.74) is 0.210. The maximum absolute atomic E-state index is 14.0. The predicted octanol–water partition coefficient (Wildman–Crippen LogP) is 4.85. The second kappa shape index (κ2) is 9.06. The number of rotatable bonds is 6. The lowest BCUT2D eigenvalue weighted by atomic mass is 10.2. The molecule has 0 bridgehead atoms. The van der Waals surface area contributed by atoms with Crippen LogP contribution in [0.3, 0.4) is 0 Å². The summed E-state index contributed by atoms with van der Waals surface area (Å²) in [6.07, 6.45) is 1.06. The maximum atomic E-state index is 14.0. The van der Waals surface area contributed by atoms with E-state index in [1.165, 1.54) is 24.3 Å². The Labute approximate surface area is 181 Å². The Morgan fingerprint density at radius 1 is 0.839 bits per heavy atom. The molecule has 0 aliphatic carbocycles. The zero-order chi connectivity index (χ0) is 22.0. The number of aromatic nitrogens is 4. The van der Waals surface area contributed by atoms with Crippen LogP contribution in [0.4, 0.5) is 17.6 Å². The summed E-state index contributed by atoms with van der Waals surface area (Å²) < 4.78 is 54.8. The van der Waals surface area contributed by atoms with Gasteiger partial charge in [0.2, 0.25) is 0 Å². The number of nitrogens with zero attached hydrogens (tertiary/aromatic N) is 3. The molecule has 0 aliphatic heterocycles. The highest BCUT2D eigenvalue weighted by molar-refractivity contribution is 7.99. The topological polar surface area (TPSA) is 71.5 Å². The van der Waals surface area contributed by atoms with Crippen LogP contribution in [0.5, 0.6) is 0 Å². The molecular weight excluding hydrogens is 452 g/mol. The van der Waals surface area contributed by atoms with Crippen LogP contribution in [-0.4, -0.2) is 19.9 Å². The van der Waals surface area contributed by atoms with Crippen LogP contribution in [0, 0.1) is 23.3 Å². The molecule has 1 N–H and O–H groups in total. The minimum Gasteiger partial charge on any atom is -0.304 e. The van der Waals surface area contributed by atoms with Gasteiger partial charge >= 0.3 is 0 Å². The van der Waals surface area contributed by atoms with Crippen molar-refractivity contribution in [2.24, 2.45) is 0 Å². The summed E-state index contributed by atoms with van der Waals surface area (Å²) in [6, 6.07) is 7.73. The highest BCUT2D eigenvalue weighted by atomic mass is 32.2. The lowest BCUT2D eigenvalue weighted by Crippen LogP contribution is -2.08. The first kappa shape index (κ1) is 21.3. The van der Waals surface area contributed by atoms with Crippen molar-refractivity contribution in [1.29, 1.82) is 0 Å². The second-order valence-corrected chi connectivity index (χ2v) is 8.17. The number of thioether (sulfide) groups is 2. The molecule has 2 heterocycles. The van der Waals surface area contributed by atoms with Crippen LogP contribution in [0.25, 0.3) is 11.2 Å². The van der Waals surface area contributed by atoms with E-state index in [2.05, 4.69) is 19.9 Å². The first-order chi connectivity index (χ1) is 14.9. The summed E-state index contributed by atoms with van der Waals surface area (Å²) in [5, 5.41) is 0.508. The van der Waals surface area contributed by atoms with E-state index in [0.29, 0.717) is 5.03 Å². The molecule has 0 spiro atoms. The third kappa shape index (κ3) is 4.72. The van der Waals surface area contributed by atoms with Gasteiger partial charge in [-0.2, -0.15) is 0 Å². The maximum Gasteiger partial charge on any atom is 0.268 e. The SMILES string of the molecule is O=c1cnc2c(SCc3cccc(F)c3F)nc(SCc3cccc(F)c3F)nc2[nH]1. The molecule has 31 heavy (non-hydrogen) atoms. The van der Waals surface area contributed by atoms with E-state index in [0.717, 1.165) is 41.9 Å². The molecule has 0 saturated heterocycles. The summed E-state index contributed by atoms with van der Waals surface area (Å²) in [5.74, 6) is -3.73. The molecule has 0 atom stereocenters. The highest BCUT2D eigenvalue weighted by Crippen LogP contribution is 2.30. The van der Waals surface area contributed by atoms with Gasteiger partial charge < -0.3 is 4.98 Å². The van der Waals surface area contributed by atoms with Crippen molar-refractivity contribution >= 4 is 34.7 Å². The van der Waals surface area contributed by atoms with Crippen molar-refractivity contribution in [3.05, 3.63) is 87.3 Å². The quantitative estimate of drug-likeness (QED) is 0.190. The molecule has 0 aliphatic rings. The van der Waals surface area contributed by atoms with E-state index in [1.54, 1.807) is 0 Å². The van der Waals surface area contributed by atoms with Gasteiger partial charge in [0.1, 0.15) is 10.5 Å². The average molecular weight is 464 g/mol. The fourth-order valence-electron chi connectivity index (χ4n) is 2.66. The average Bonchev–Trinajstić information content (AvgIpc) is 2.75. The van der Waals surface area contributed by atoms with Crippen LogP contribution in [0.2, 0.25) is 0 Å². The van der Waals surface area contributed by atoms with E-state index in [-0.39, 0.29) is 39.0 Å². The van der Waals surface area contributed by atoms with Gasteiger partial charge in [-0.25, -0.2) is 32.5 Å². The molecule has 2 aromatic heterocycles. The Kier molecular flexibility index (Phi) is 6.23.